The first kappa shape index (κ1) is 14.2. The van der Waals surface area contributed by atoms with Crippen LogP contribution >= 0.6 is 0 Å². The maximum Gasteiger partial charge on any atom is 0.417 e. The van der Waals surface area contributed by atoms with Crippen molar-refractivity contribution < 1.29 is 19.1 Å². The number of rotatable bonds is 5. The lowest BCUT2D eigenvalue weighted by molar-refractivity contribution is -0.168. The number of esters is 2. The van der Waals surface area contributed by atoms with Gasteiger partial charge < -0.3 is 9.47 Å². The van der Waals surface area contributed by atoms with E-state index in [0.29, 0.717) is 6.42 Å². The lowest BCUT2D eigenvalue weighted by Gasteiger charge is -2.07. The molecule has 0 radical (unpaired) electrons. The largest absolute Gasteiger partial charge is 0.457 e. The van der Waals surface area contributed by atoms with Crippen molar-refractivity contribution in [2.75, 3.05) is 13.2 Å². The first-order valence-corrected chi connectivity index (χ1v) is 5.97. The molecular weight excluding hydrogens is 232 g/mol. The second kappa shape index (κ2) is 7.48. The van der Waals surface area contributed by atoms with E-state index in [1.807, 2.05) is 44.2 Å². The molecule has 4 nitrogen and oxygen atoms in total. The Labute approximate surface area is 107 Å². The summed E-state index contributed by atoms with van der Waals surface area (Å²) in [7, 11) is 0. The fourth-order valence-corrected chi connectivity index (χ4v) is 1.27. The van der Waals surface area contributed by atoms with Crippen LogP contribution in [0.5, 0.6) is 0 Å². The highest BCUT2D eigenvalue weighted by molar-refractivity contribution is 6.29. The standard InChI is InChI=1S/C14H18O4/c1-11(2)10-18-14(16)13(15)17-9-8-12-6-4-3-5-7-12/h3-7,11H,8-10H2,1-2H3. The lowest BCUT2D eigenvalue weighted by Crippen LogP contribution is -2.23. The molecule has 0 aliphatic heterocycles. The number of hydrogen-bond donors (Lipinski definition) is 0. The van der Waals surface area contributed by atoms with Crippen molar-refractivity contribution >= 4 is 11.9 Å². The smallest absolute Gasteiger partial charge is 0.417 e. The highest BCUT2D eigenvalue weighted by atomic mass is 16.6. The van der Waals surface area contributed by atoms with Crippen molar-refractivity contribution in [1.82, 2.24) is 0 Å². The normalized spacial score (nSPS) is 10.2. The molecule has 0 saturated heterocycles. The summed E-state index contributed by atoms with van der Waals surface area (Å²) >= 11 is 0. The van der Waals surface area contributed by atoms with Crippen LogP contribution in [0.3, 0.4) is 0 Å². The zero-order chi connectivity index (χ0) is 13.4. The van der Waals surface area contributed by atoms with Gasteiger partial charge >= 0.3 is 11.9 Å². The summed E-state index contributed by atoms with van der Waals surface area (Å²) in [5, 5.41) is 0. The summed E-state index contributed by atoms with van der Waals surface area (Å²) in [4.78, 5) is 22.4. The Bertz CT molecular complexity index is 384. The van der Waals surface area contributed by atoms with Crippen LogP contribution in [-0.2, 0) is 25.5 Å². The second-order valence-electron chi connectivity index (χ2n) is 4.36. The lowest BCUT2D eigenvalue weighted by atomic mass is 10.2. The van der Waals surface area contributed by atoms with E-state index in [1.54, 1.807) is 0 Å². The van der Waals surface area contributed by atoms with Crippen molar-refractivity contribution in [2.45, 2.75) is 20.3 Å². The molecule has 1 rings (SSSR count). The molecule has 0 saturated carbocycles. The molecule has 0 fully saturated rings. The van der Waals surface area contributed by atoms with Gasteiger partial charge in [0.15, 0.2) is 0 Å². The third kappa shape index (κ3) is 5.48. The Hall–Kier alpha value is -1.84. The molecule has 0 aliphatic rings. The van der Waals surface area contributed by atoms with Crippen LogP contribution in [0.2, 0.25) is 0 Å². The molecule has 4 heteroatoms. The molecule has 0 unspecified atom stereocenters. The molecule has 0 aliphatic carbocycles. The van der Waals surface area contributed by atoms with Crippen molar-refractivity contribution in [3.8, 4) is 0 Å². The maximum absolute atomic E-state index is 11.2. The van der Waals surface area contributed by atoms with Crippen LogP contribution < -0.4 is 0 Å². The predicted octanol–water partition coefficient (Wildman–Crippen LogP) is 1.97. The average Bonchev–Trinajstić information content (AvgIpc) is 2.37. The van der Waals surface area contributed by atoms with Gasteiger partial charge in [-0.1, -0.05) is 44.2 Å². The fourth-order valence-electron chi connectivity index (χ4n) is 1.27. The van der Waals surface area contributed by atoms with E-state index in [-0.39, 0.29) is 19.1 Å². The third-order valence-corrected chi connectivity index (χ3v) is 2.18. The van der Waals surface area contributed by atoms with Crippen molar-refractivity contribution in [3.05, 3.63) is 35.9 Å². The average molecular weight is 250 g/mol. The highest BCUT2D eigenvalue weighted by Crippen LogP contribution is 2.00. The molecule has 1 aromatic rings. The van der Waals surface area contributed by atoms with E-state index < -0.39 is 11.9 Å². The Morgan fingerprint density at radius 1 is 1.06 bits per heavy atom. The van der Waals surface area contributed by atoms with E-state index in [9.17, 15) is 9.59 Å². The molecule has 0 aromatic heterocycles. The van der Waals surface area contributed by atoms with Gasteiger partial charge in [0, 0.05) is 6.42 Å². The van der Waals surface area contributed by atoms with Gasteiger partial charge in [0.2, 0.25) is 0 Å². The molecule has 98 valence electrons. The molecule has 0 spiro atoms. The van der Waals surface area contributed by atoms with Crippen LogP contribution in [0.15, 0.2) is 30.3 Å². The SMILES string of the molecule is CC(C)COC(=O)C(=O)OCCc1ccccc1. The molecule has 0 N–H and O–H groups in total. The minimum absolute atomic E-state index is 0.180. The zero-order valence-electron chi connectivity index (χ0n) is 10.7. The van der Waals surface area contributed by atoms with Gasteiger partial charge in [-0.25, -0.2) is 9.59 Å². The third-order valence-electron chi connectivity index (χ3n) is 2.18. The van der Waals surface area contributed by atoms with E-state index in [0.717, 1.165) is 5.56 Å². The molecule has 0 atom stereocenters. The van der Waals surface area contributed by atoms with Gasteiger partial charge in [0.1, 0.15) is 0 Å². The summed E-state index contributed by atoms with van der Waals surface area (Å²) in [6, 6.07) is 9.61. The van der Waals surface area contributed by atoms with E-state index >= 15 is 0 Å². The summed E-state index contributed by atoms with van der Waals surface area (Å²) in [6.07, 6.45) is 0.587. The number of benzene rings is 1. The topological polar surface area (TPSA) is 52.6 Å². The van der Waals surface area contributed by atoms with Gasteiger partial charge in [0.25, 0.3) is 0 Å². The Kier molecular flexibility index (Phi) is 5.91. The van der Waals surface area contributed by atoms with Gasteiger partial charge in [-0.05, 0) is 11.5 Å². The zero-order valence-corrected chi connectivity index (χ0v) is 10.7. The predicted molar refractivity (Wildman–Crippen MR) is 66.9 cm³/mol. The molecule has 1 aromatic carbocycles. The number of hydrogen-bond acceptors (Lipinski definition) is 4. The number of carbonyl (C=O) groups excluding carboxylic acids is 2. The van der Waals surface area contributed by atoms with Gasteiger partial charge in [-0.2, -0.15) is 0 Å². The minimum atomic E-state index is -0.924. The van der Waals surface area contributed by atoms with Crippen LogP contribution in [0.25, 0.3) is 0 Å². The minimum Gasteiger partial charge on any atom is -0.457 e. The first-order chi connectivity index (χ1) is 8.59. The molecular formula is C14H18O4. The monoisotopic (exact) mass is 250 g/mol. The Morgan fingerprint density at radius 3 is 2.28 bits per heavy atom. The second-order valence-corrected chi connectivity index (χ2v) is 4.36. The van der Waals surface area contributed by atoms with Gasteiger partial charge in [-0.3, -0.25) is 0 Å². The van der Waals surface area contributed by atoms with Crippen LogP contribution in [-0.4, -0.2) is 25.2 Å². The van der Waals surface area contributed by atoms with Gasteiger partial charge in [0.05, 0.1) is 13.2 Å². The van der Waals surface area contributed by atoms with Crippen molar-refractivity contribution in [2.24, 2.45) is 5.92 Å². The molecule has 0 bridgehead atoms. The Morgan fingerprint density at radius 2 is 1.67 bits per heavy atom. The van der Waals surface area contributed by atoms with Crippen LogP contribution in [0, 0.1) is 5.92 Å². The van der Waals surface area contributed by atoms with E-state index in [4.69, 9.17) is 9.47 Å². The Balaban J connectivity index is 2.23. The number of ether oxygens (including phenoxy) is 2. The summed E-state index contributed by atoms with van der Waals surface area (Å²) in [6.45, 7) is 4.20. The summed E-state index contributed by atoms with van der Waals surface area (Å²) in [5.41, 5.74) is 1.06. The summed E-state index contributed by atoms with van der Waals surface area (Å²) < 4.78 is 9.58. The summed E-state index contributed by atoms with van der Waals surface area (Å²) in [5.74, 6) is -1.64. The molecule has 18 heavy (non-hydrogen) atoms. The first-order valence-electron chi connectivity index (χ1n) is 5.97. The van der Waals surface area contributed by atoms with E-state index in [1.165, 1.54) is 0 Å². The van der Waals surface area contributed by atoms with Gasteiger partial charge in [-0.15, -0.1) is 0 Å². The van der Waals surface area contributed by atoms with Crippen LogP contribution in [0.1, 0.15) is 19.4 Å². The quantitative estimate of drug-likeness (QED) is 0.592. The molecule has 0 heterocycles. The maximum atomic E-state index is 11.2. The fraction of sp³-hybridized carbons (Fsp3) is 0.429. The van der Waals surface area contributed by atoms with Crippen molar-refractivity contribution in [1.29, 1.82) is 0 Å². The molecule has 0 amide bonds. The number of carbonyl (C=O) groups is 2. The van der Waals surface area contributed by atoms with Crippen molar-refractivity contribution in [3.63, 3.8) is 0 Å². The van der Waals surface area contributed by atoms with E-state index in [2.05, 4.69) is 0 Å². The highest BCUT2D eigenvalue weighted by Gasteiger charge is 2.17. The van der Waals surface area contributed by atoms with Crippen LogP contribution in [0.4, 0.5) is 0 Å².